The molecule has 0 fully saturated rings. The van der Waals surface area contributed by atoms with Crippen molar-refractivity contribution in [1.29, 1.82) is 0 Å². The fourth-order valence-electron chi connectivity index (χ4n) is 2.72. The van der Waals surface area contributed by atoms with Gasteiger partial charge in [-0.2, -0.15) is 0 Å². The van der Waals surface area contributed by atoms with Crippen LogP contribution in [0.1, 0.15) is 12.5 Å². The third-order valence-electron chi connectivity index (χ3n) is 4.09. The maximum Gasteiger partial charge on any atom is 0.261 e. The summed E-state index contributed by atoms with van der Waals surface area (Å²) in [5.74, 6) is -0.568. The van der Waals surface area contributed by atoms with E-state index in [0.29, 0.717) is 23.0 Å². The summed E-state index contributed by atoms with van der Waals surface area (Å²) in [5, 5.41) is 0.447. The quantitative estimate of drug-likeness (QED) is 0.639. The van der Waals surface area contributed by atoms with Crippen LogP contribution in [-0.2, 0) is 17.9 Å². The number of carbonyl (C=O) groups excluding carboxylic acids is 1. The molecule has 0 spiro atoms. The number of halogens is 2. The largest absolute Gasteiger partial charge is 0.337 e. The van der Waals surface area contributed by atoms with E-state index in [1.807, 2.05) is 13.0 Å². The molecule has 3 rings (SSSR count). The van der Waals surface area contributed by atoms with Crippen LogP contribution in [-0.4, -0.2) is 26.9 Å². The number of carbonyl (C=O) groups is 1. The number of aromatic nitrogens is 2. The molecular formula is C19H17BrFN3O2. The molecule has 0 atom stereocenters. The second kappa shape index (κ2) is 7.78. The molecule has 0 aliphatic heterocycles. The average Bonchev–Trinajstić information content (AvgIpc) is 2.62. The van der Waals surface area contributed by atoms with E-state index in [4.69, 9.17) is 0 Å². The van der Waals surface area contributed by atoms with Gasteiger partial charge in [0.2, 0.25) is 5.91 Å². The summed E-state index contributed by atoms with van der Waals surface area (Å²) in [6.45, 7) is 2.47. The second-order valence-electron chi connectivity index (χ2n) is 5.88. The highest BCUT2D eigenvalue weighted by atomic mass is 79.9. The van der Waals surface area contributed by atoms with Gasteiger partial charge in [-0.1, -0.05) is 28.1 Å². The van der Waals surface area contributed by atoms with Gasteiger partial charge in [0.1, 0.15) is 12.4 Å². The Morgan fingerprint density at radius 1 is 1.27 bits per heavy atom. The van der Waals surface area contributed by atoms with Crippen LogP contribution in [0.5, 0.6) is 0 Å². The van der Waals surface area contributed by atoms with Gasteiger partial charge in [0, 0.05) is 17.6 Å². The summed E-state index contributed by atoms with van der Waals surface area (Å²) in [7, 11) is 0. The molecule has 5 nitrogen and oxygen atoms in total. The highest BCUT2D eigenvalue weighted by molar-refractivity contribution is 9.10. The lowest BCUT2D eigenvalue weighted by molar-refractivity contribution is -0.132. The van der Waals surface area contributed by atoms with E-state index >= 15 is 0 Å². The first kappa shape index (κ1) is 18.3. The number of rotatable bonds is 5. The van der Waals surface area contributed by atoms with E-state index in [-0.39, 0.29) is 30.4 Å². The average molecular weight is 418 g/mol. The first-order valence-electron chi connectivity index (χ1n) is 8.15. The Balaban J connectivity index is 1.83. The predicted octanol–water partition coefficient (Wildman–Crippen LogP) is 3.35. The van der Waals surface area contributed by atoms with Crippen molar-refractivity contribution in [2.45, 2.75) is 20.0 Å². The number of likely N-dealkylation sites (N-methyl/N-ethyl adjacent to an activating group) is 1. The first-order valence-corrected chi connectivity index (χ1v) is 8.94. The number of benzene rings is 2. The van der Waals surface area contributed by atoms with Gasteiger partial charge in [0.15, 0.2) is 0 Å². The van der Waals surface area contributed by atoms with Crippen LogP contribution in [0.4, 0.5) is 4.39 Å². The summed E-state index contributed by atoms with van der Waals surface area (Å²) < 4.78 is 15.4. The summed E-state index contributed by atoms with van der Waals surface area (Å²) in [4.78, 5) is 31.0. The molecule has 1 amide bonds. The van der Waals surface area contributed by atoms with E-state index in [9.17, 15) is 14.0 Å². The smallest absolute Gasteiger partial charge is 0.261 e. The fourth-order valence-corrected chi connectivity index (χ4v) is 3.08. The highest BCUT2D eigenvalue weighted by Crippen LogP contribution is 2.15. The molecule has 134 valence electrons. The van der Waals surface area contributed by atoms with E-state index < -0.39 is 0 Å². The zero-order chi connectivity index (χ0) is 18.7. The molecule has 0 radical (unpaired) electrons. The van der Waals surface area contributed by atoms with Crippen molar-refractivity contribution >= 4 is 32.7 Å². The van der Waals surface area contributed by atoms with E-state index in [1.165, 1.54) is 23.0 Å². The van der Waals surface area contributed by atoms with Crippen LogP contribution in [0.25, 0.3) is 10.9 Å². The Bertz CT molecular complexity index is 1020. The lowest BCUT2D eigenvalue weighted by atomic mass is 10.2. The maximum atomic E-state index is 13.3. The summed E-state index contributed by atoms with van der Waals surface area (Å²) >= 11 is 3.34. The highest BCUT2D eigenvalue weighted by Gasteiger charge is 2.15. The van der Waals surface area contributed by atoms with Crippen molar-refractivity contribution < 1.29 is 9.18 Å². The van der Waals surface area contributed by atoms with Gasteiger partial charge in [-0.25, -0.2) is 9.37 Å². The fraction of sp³-hybridized carbons (Fsp3) is 0.211. The molecule has 0 aliphatic carbocycles. The van der Waals surface area contributed by atoms with Crippen molar-refractivity contribution in [3.63, 3.8) is 0 Å². The van der Waals surface area contributed by atoms with Crippen LogP contribution >= 0.6 is 15.9 Å². The van der Waals surface area contributed by atoms with Crippen molar-refractivity contribution in [3.8, 4) is 0 Å². The maximum absolute atomic E-state index is 13.3. The number of nitrogens with zero attached hydrogens (tertiary/aromatic N) is 3. The molecule has 3 aromatic rings. The van der Waals surface area contributed by atoms with E-state index in [1.54, 1.807) is 29.2 Å². The molecule has 0 aliphatic rings. The molecular weight excluding hydrogens is 401 g/mol. The molecule has 0 saturated carbocycles. The van der Waals surface area contributed by atoms with Gasteiger partial charge in [0.05, 0.1) is 17.2 Å². The third-order valence-corrected chi connectivity index (χ3v) is 4.58. The van der Waals surface area contributed by atoms with Crippen LogP contribution < -0.4 is 5.56 Å². The first-order chi connectivity index (χ1) is 12.5. The number of fused-ring (bicyclic) bond motifs is 1. The Hall–Kier alpha value is -2.54. The molecule has 7 heteroatoms. The molecule has 2 aromatic carbocycles. The minimum Gasteiger partial charge on any atom is -0.337 e. The van der Waals surface area contributed by atoms with Crippen LogP contribution in [0.2, 0.25) is 0 Å². The summed E-state index contributed by atoms with van der Waals surface area (Å²) in [6, 6.07) is 11.4. The Morgan fingerprint density at radius 3 is 2.81 bits per heavy atom. The van der Waals surface area contributed by atoms with Crippen molar-refractivity contribution in [3.05, 3.63) is 75.0 Å². The van der Waals surface area contributed by atoms with Gasteiger partial charge >= 0.3 is 0 Å². The zero-order valence-electron chi connectivity index (χ0n) is 14.2. The number of hydrogen-bond donors (Lipinski definition) is 0. The molecule has 0 bridgehead atoms. The van der Waals surface area contributed by atoms with Gasteiger partial charge in [-0.3, -0.25) is 14.2 Å². The minimum absolute atomic E-state index is 0.114. The normalized spacial score (nSPS) is 10.9. The molecule has 1 heterocycles. The predicted molar refractivity (Wildman–Crippen MR) is 101 cm³/mol. The van der Waals surface area contributed by atoms with E-state index in [2.05, 4.69) is 20.9 Å². The zero-order valence-corrected chi connectivity index (χ0v) is 15.7. The molecule has 26 heavy (non-hydrogen) atoms. The molecule has 1 aromatic heterocycles. The van der Waals surface area contributed by atoms with Gasteiger partial charge < -0.3 is 4.90 Å². The minimum atomic E-state index is -0.341. The van der Waals surface area contributed by atoms with Crippen molar-refractivity contribution in [2.24, 2.45) is 0 Å². The lowest BCUT2D eigenvalue weighted by Crippen LogP contribution is -2.36. The van der Waals surface area contributed by atoms with E-state index in [0.717, 1.165) is 4.47 Å². The van der Waals surface area contributed by atoms with Gasteiger partial charge in [-0.15, -0.1) is 0 Å². The molecule has 0 saturated heterocycles. The SMILES string of the molecule is CCN(Cc1cccc(F)c1)C(=O)Cn1cnc2ccc(Br)cc2c1=O. The summed E-state index contributed by atoms with van der Waals surface area (Å²) in [6.07, 6.45) is 1.38. The van der Waals surface area contributed by atoms with Gasteiger partial charge in [-0.05, 0) is 42.8 Å². The lowest BCUT2D eigenvalue weighted by Gasteiger charge is -2.21. The third kappa shape index (κ3) is 3.99. The van der Waals surface area contributed by atoms with Crippen LogP contribution in [0, 0.1) is 5.82 Å². The summed E-state index contributed by atoms with van der Waals surface area (Å²) in [5.41, 5.74) is 1.01. The van der Waals surface area contributed by atoms with Crippen molar-refractivity contribution in [2.75, 3.05) is 6.54 Å². The Morgan fingerprint density at radius 2 is 2.08 bits per heavy atom. The second-order valence-corrected chi connectivity index (χ2v) is 6.79. The topological polar surface area (TPSA) is 55.2 Å². The van der Waals surface area contributed by atoms with Crippen LogP contribution in [0.15, 0.2) is 58.1 Å². The molecule has 0 unspecified atom stereocenters. The van der Waals surface area contributed by atoms with Gasteiger partial charge in [0.25, 0.3) is 5.56 Å². The standard InChI is InChI=1S/C19H17BrFN3O2/c1-2-23(10-13-4-3-5-15(21)8-13)18(25)11-24-12-22-17-7-6-14(20)9-16(17)19(24)26/h3-9,12H,2,10-11H2,1H3. The Kier molecular flexibility index (Phi) is 5.46. The number of amides is 1. The molecule has 0 N–H and O–H groups in total. The van der Waals surface area contributed by atoms with Crippen molar-refractivity contribution in [1.82, 2.24) is 14.5 Å². The van der Waals surface area contributed by atoms with Crippen LogP contribution in [0.3, 0.4) is 0 Å². The monoisotopic (exact) mass is 417 g/mol. The Labute approximate surface area is 158 Å². The number of hydrogen-bond acceptors (Lipinski definition) is 3.